The van der Waals surface area contributed by atoms with Gasteiger partial charge in [0.05, 0.1) is 24.9 Å². The smallest absolute Gasteiger partial charge is 0.233 e. The first-order valence-electron chi connectivity index (χ1n) is 12.0. The molecule has 190 valence electrons. The van der Waals surface area contributed by atoms with Crippen LogP contribution in [0.5, 0.6) is 5.88 Å². The quantitative estimate of drug-likeness (QED) is 0.420. The molecule has 1 aliphatic carbocycles. The number of amides is 1. The van der Waals surface area contributed by atoms with Gasteiger partial charge in [-0.25, -0.2) is 8.78 Å². The number of ether oxygens (including phenoxy) is 1. The van der Waals surface area contributed by atoms with Crippen LogP contribution >= 0.6 is 0 Å². The number of benzene rings is 2. The fraction of sp³-hybridized carbons (Fsp3) is 0.370. The lowest BCUT2D eigenvalue weighted by molar-refractivity contribution is -0.120. The number of aliphatic hydroxyl groups is 1. The second-order valence-corrected chi connectivity index (χ2v) is 9.08. The number of aryl methyl sites for hydroxylation is 1. The minimum atomic E-state index is -0.971. The van der Waals surface area contributed by atoms with Gasteiger partial charge in [0.2, 0.25) is 11.8 Å². The van der Waals surface area contributed by atoms with E-state index < -0.39 is 23.8 Å². The summed E-state index contributed by atoms with van der Waals surface area (Å²) in [6, 6.07) is 12.3. The van der Waals surface area contributed by atoms with Crippen LogP contribution in [0.15, 0.2) is 48.5 Å². The molecule has 3 atom stereocenters. The molecular weight excluding hydrogens is 466 g/mol. The molecule has 0 bridgehead atoms. The van der Waals surface area contributed by atoms with E-state index in [0.717, 1.165) is 42.1 Å². The Hall–Kier alpha value is -3.43. The summed E-state index contributed by atoms with van der Waals surface area (Å²) in [5.74, 6) is -1.28. The number of methoxy groups -OCH3 is 1. The first-order chi connectivity index (χ1) is 17.3. The Morgan fingerprint density at radius 2 is 1.92 bits per heavy atom. The molecule has 1 aromatic heterocycles. The average Bonchev–Trinajstić information content (AvgIpc) is 2.85. The zero-order valence-electron chi connectivity index (χ0n) is 20.3. The standard InChI is InChI=1S/C27H30F2N4O3/c1-16(34)31-25(12-17-10-20(28)14-21(29)11-17)26(35)15-30-24-5-3-4-18-6-7-19(13-22(18)24)23-8-9-27(36-2)33-32-23/h6-11,13-14,24-26,30,35H,3-5,12,15H2,1-2H3,(H,31,34)/t24?,25-,26-/m0/s1. The summed E-state index contributed by atoms with van der Waals surface area (Å²) in [6.45, 7) is 1.54. The summed E-state index contributed by atoms with van der Waals surface area (Å²) < 4.78 is 32.4. The van der Waals surface area contributed by atoms with Crippen molar-refractivity contribution in [2.75, 3.05) is 13.7 Å². The molecule has 0 radical (unpaired) electrons. The zero-order chi connectivity index (χ0) is 25.7. The third-order valence-corrected chi connectivity index (χ3v) is 6.41. The predicted molar refractivity (Wildman–Crippen MR) is 131 cm³/mol. The molecule has 0 fully saturated rings. The van der Waals surface area contributed by atoms with E-state index >= 15 is 0 Å². The Kier molecular flexibility index (Phi) is 8.22. The fourth-order valence-corrected chi connectivity index (χ4v) is 4.69. The monoisotopic (exact) mass is 496 g/mol. The molecule has 7 nitrogen and oxygen atoms in total. The summed E-state index contributed by atoms with van der Waals surface area (Å²) in [6.07, 6.45) is 1.97. The number of nitrogens with zero attached hydrogens (tertiary/aromatic N) is 2. The normalized spacial score (nSPS) is 16.6. The van der Waals surface area contributed by atoms with Crippen LogP contribution in [0.25, 0.3) is 11.3 Å². The van der Waals surface area contributed by atoms with E-state index in [1.165, 1.54) is 24.6 Å². The van der Waals surface area contributed by atoms with Gasteiger partial charge in [-0.2, -0.15) is 0 Å². The van der Waals surface area contributed by atoms with Gasteiger partial charge in [0.15, 0.2) is 0 Å². The van der Waals surface area contributed by atoms with Gasteiger partial charge in [0, 0.05) is 37.2 Å². The zero-order valence-corrected chi connectivity index (χ0v) is 20.3. The number of nitrogens with one attached hydrogen (secondary N) is 2. The molecule has 3 N–H and O–H groups in total. The number of hydrogen-bond donors (Lipinski definition) is 3. The number of fused-ring (bicyclic) bond motifs is 1. The topological polar surface area (TPSA) is 96.4 Å². The maximum absolute atomic E-state index is 13.7. The molecule has 0 saturated heterocycles. The Bertz CT molecular complexity index is 1190. The van der Waals surface area contributed by atoms with Crippen molar-refractivity contribution in [3.8, 4) is 17.1 Å². The van der Waals surface area contributed by atoms with Crippen LogP contribution in [-0.2, 0) is 17.6 Å². The second kappa shape index (κ2) is 11.5. The molecule has 0 spiro atoms. The minimum absolute atomic E-state index is 0.000787. The fourth-order valence-electron chi connectivity index (χ4n) is 4.69. The van der Waals surface area contributed by atoms with Crippen molar-refractivity contribution >= 4 is 5.91 Å². The van der Waals surface area contributed by atoms with Crippen molar-refractivity contribution in [1.82, 2.24) is 20.8 Å². The SMILES string of the molecule is COc1ccc(-c2ccc3c(c2)C(NC[C@H](O)[C@H](Cc2cc(F)cc(F)c2)NC(C)=O)CCC3)nn1. The van der Waals surface area contributed by atoms with Crippen molar-refractivity contribution in [2.45, 2.75) is 50.8 Å². The van der Waals surface area contributed by atoms with E-state index in [1.807, 2.05) is 12.1 Å². The Balaban J connectivity index is 1.48. The van der Waals surface area contributed by atoms with Crippen molar-refractivity contribution < 1.29 is 23.4 Å². The minimum Gasteiger partial charge on any atom is -0.480 e. The molecule has 36 heavy (non-hydrogen) atoms. The Morgan fingerprint density at radius 3 is 2.58 bits per heavy atom. The molecule has 1 heterocycles. The molecule has 1 aliphatic rings. The van der Waals surface area contributed by atoms with E-state index in [1.54, 1.807) is 13.2 Å². The number of carbonyl (C=O) groups excluding carboxylic acids is 1. The van der Waals surface area contributed by atoms with Gasteiger partial charge in [0.1, 0.15) is 11.6 Å². The van der Waals surface area contributed by atoms with Crippen LogP contribution in [0, 0.1) is 11.6 Å². The van der Waals surface area contributed by atoms with Crippen LogP contribution < -0.4 is 15.4 Å². The van der Waals surface area contributed by atoms with Crippen LogP contribution in [0.1, 0.15) is 42.5 Å². The largest absolute Gasteiger partial charge is 0.480 e. The van der Waals surface area contributed by atoms with Crippen LogP contribution in [-0.4, -0.2) is 47.0 Å². The van der Waals surface area contributed by atoms with Gasteiger partial charge >= 0.3 is 0 Å². The van der Waals surface area contributed by atoms with Gasteiger partial charge in [0.25, 0.3) is 0 Å². The average molecular weight is 497 g/mol. The van der Waals surface area contributed by atoms with E-state index in [9.17, 15) is 18.7 Å². The highest BCUT2D eigenvalue weighted by molar-refractivity contribution is 5.73. The maximum Gasteiger partial charge on any atom is 0.233 e. The van der Waals surface area contributed by atoms with Crippen LogP contribution in [0.3, 0.4) is 0 Å². The third kappa shape index (κ3) is 6.41. The van der Waals surface area contributed by atoms with Gasteiger partial charge < -0.3 is 20.5 Å². The highest BCUT2D eigenvalue weighted by atomic mass is 19.1. The molecule has 0 saturated carbocycles. The number of aliphatic hydroxyl groups excluding tert-OH is 1. The van der Waals surface area contributed by atoms with E-state index in [4.69, 9.17) is 4.74 Å². The van der Waals surface area contributed by atoms with Crippen LogP contribution in [0.2, 0.25) is 0 Å². The van der Waals surface area contributed by atoms with E-state index in [-0.39, 0.29) is 24.9 Å². The number of rotatable bonds is 9. The highest BCUT2D eigenvalue weighted by Crippen LogP contribution is 2.33. The van der Waals surface area contributed by atoms with E-state index in [0.29, 0.717) is 11.4 Å². The predicted octanol–water partition coefficient (Wildman–Crippen LogP) is 3.51. The molecule has 1 amide bonds. The first-order valence-corrected chi connectivity index (χ1v) is 12.0. The Labute approximate surface area is 208 Å². The van der Waals surface area contributed by atoms with Gasteiger partial charge in [-0.1, -0.05) is 12.1 Å². The number of halogens is 2. The van der Waals surface area contributed by atoms with Crippen molar-refractivity contribution in [1.29, 1.82) is 0 Å². The number of hydrogen-bond acceptors (Lipinski definition) is 6. The second-order valence-electron chi connectivity index (χ2n) is 9.08. The summed E-state index contributed by atoms with van der Waals surface area (Å²) in [7, 11) is 1.54. The summed E-state index contributed by atoms with van der Waals surface area (Å²) in [5.41, 5.74) is 4.39. The van der Waals surface area contributed by atoms with Crippen molar-refractivity contribution in [3.05, 3.63) is 76.9 Å². The molecular formula is C27H30F2N4O3. The van der Waals surface area contributed by atoms with Crippen molar-refractivity contribution in [3.63, 3.8) is 0 Å². The molecule has 3 aromatic rings. The molecule has 0 aliphatic heterocycles. The summed E-state index contributed by atoms with van der Waals surface area (Å²) >= 11 is 0. The lowest BCUT2D eigenvalue weighted by Crippen LogP contribution is -2.48. The van der Waals surface area contributed by atoms with Crippen molar-refractivity contribution in [2.24, 2.45) is 0 Å². The third-order valence-electron chi connectivity index (χ3n) is 6.41. The highest BCUT2D eigenvalue weighted by Gasteiger charge is 2.25. The first kappa shape index (κ1) is 25.7. The van der Waals surface area contributed by atoms with Crippen LogP contribution in [0.4, 0.5) is 8.78 Å². The van der Waals surface area contributed by atoms with E-state index in [2.05, 4.69) is 33.0 Å². The number of aromatic nitrogens is 2. The molecule has 1 unspecified atom stereocenters. The Morgan fingerprint density at radius 1 is 1.14 bits per heavy atom. The van der Waals surface area contributed by atoms with Gasteiger partial charge in [-0.3, -0.25) is 4.79 Å². The summed E-state index contributed by atoms with van der Waals surface area (Å²) in [4.78, 5) is 11.8. The van der Waals surface area contributed by atoms with Gasteiger partial charge in [-0.15, -0.1) is 10.2 Å². The maximum atomic E-state index is 13.7. The lowest BCUT2D eigenvalue weighted by Gasteiger charge is -2.30. The summed E-state index contributed by atoms with van der Waals surface area (Å²) in [5, 5.41) is 25.4. The molecule has 4 rings (SSSR count). The molecule has 2 aromatic carbocycles. The number of carbonyl (C=O) groups is 1. The van der Waals surface area contributed by atoms with Gasteiger partial charge in [-0.05, 0) is 66.6 Å². The molecule has 9 heteroatoms. The lowest BCUT2D eigenvalue weighted by atomic mass is 9.86.